The number of nitrogens with one attached hydrogen (secondary N) is 2. The van der Waals surface area contributed by atoms with Crippen LogP contribution in [0.25, 0.3) is 6.08 Å². The summed E-state index contributed by atoms with van der Waals surface area (Å²) >= 11 is 0. The van der Waals surface area contributed by atoms with Crippen molar-refractivity contribution in [1.82, 2.24) is 10.2 Å². The van der Waals surface area contributed by atoms with Crippen molar-refractivity contribution < 1.29 is 23.9 Å². The highest BCUT2D eigenvalue weighted by molar-refractivity contribution is 6.13. The molecule has 0 radical (unpaired) electrons. The van der Waals surface area contributed by atoms with Crippen LogP contribution in [0.1, 0.15) is 22.3 Å². The van der Waals surface area contributed by atoms with Crippen LogP contribution in [0.3, 0.4) is 0 Å². The van der Waals surface area contributed by atoms with Gasteiger partial charge in [-0.15, -0.1) is 0 Å². The fraction of sp³-hybridized carbons (Fsp3) is 0.179. The van der Waals surface area contributed by atoms with Gasteiger partial charge in [-0.1, -0.05) is 53.6 Å². The number of hydrogen-bond acceptors (Lipinski definition) is 5. The number of carbonyl (C=O) groups is 3. The van der Waals surface area contributed by atoms with Crippen LogP contribution < -0.4 is 20.1 Å². The van der Waals surface area contributed by atoms with Crippen molar-refractivity contribution in [3.63, 3.8) is 0 Å². The third kappa shape index (κ3) is 5.90. The van der Waals surface area contributed by atoms with E-state index in [0.717, 1.165) is 16.7 Å². The van der Waals surface area contributed by atoms with Crippen molar-refractivity contribution in [3.8, 4) is 11.5 Å². The topological polar surface area (TPSA) is 97.0 Å². The van der Waals surface area contributed by atoms with Gasteiger partial charge in [0, 0.05) is 5.69 Å². The van der Waals surface area contributed by atoms with E-state index in [0.29, 0.717) is 22.7 Å². The van der Waals surface area contributed by atoms with Gasteiger partial charge in [-0.05, 0) is 55.3 Å². The quantitative estimate of drug-likeness (QED) is 0.364. The smallest absolute Gasteiger partial charge is 0.329 e. The second-order valence-electron chi connectivity index (χ2n) is 8.48. The van der Waals surface area contributed by atoms with E-state index in [9.17, 15) is 14.4 Å². The van der Waals surface area contributed by atoms with Gasteiger partial charge < -0.3 is 20.1 Å². The zero-order valence-electron chi connectivity index (χ0n) is 20.3. The van der Waals surface area contributed by atoms with Crippen LogP contribution in [0.15, 0.2) is 72.4 Å². The number of amides is 4. The highest BCUT2D eigenvalue weighted by atomic mass is 16.5. The maximum atomic E-state index is 12.9. The van der Waals surface area contributed by atoms with Gasteiger partial charge in [0.15, 0.2) is 18.1 Å². The normalized spacial score (nSPS) is 14.1. The first-order valence-corrected chi connectivity index (χ1v) is 11.4. The van der Waals surface area contributed by atoms with Crippen molar-refractivity contribution >= 4 is 29.6 Å². The van der Waals surface area contributed by atoms with E-state index in [1.165, 1.54) is 12.0 Å². The molecule has 0 aliphatic carbocycles. The molecule has 0 unspecified atom stereocenters. The Morgan fingerprint density at radius 3 is 2.47 bits per heavy atom. The van der Waals surface area contributed by atoms with Gasteiger partial charge in [-0.25, -0.2) is 4.79 Å². The second kappa shape index (κ2) is 10.8. The van der Waals surface area contributed by atoms with Crippen LogP contribution in [-0.2, 0) is 16.1 Å². The van der Waals surface area contributed by atoms with Crippen molar-refractivity contribution in [2.45, 2.75) is 20.4 Å². The molecular formula is C28H27N3O5. The molecule has 1 aliphatic rings. The molecule has 8 nitrogen and oxygen atoms in total. The van der Waals surface area contributed by atoms with Crippen molar-refractivity contribution in [1.29, 1.82) is 0 Å². The Kier molecular flexibility index (Phi) is 7.34. The zero-order valence-corrected chi connectivity index (χ0v) is 20.3. The molecule has 0 bridgehead atoms. The third-order valence-corrected chi connectivity index (χ3v) is 5.58. The fourth-order valence-corrected chi connectivity index (χ4v) is 3.75. The fourth-order valence-electron chi connectivity index (χ4n) is 3.75. The van der Waals surface area contributed by atoms with Crippen LogP contribution in [0.4, 0.5) is 10.5 Å². The number of benzene rings is 3. The first-order chi connectivity index (χ1) is 17.3. The molecular weight excluding hydrogens is 458 g/mol. The van der Waals surface area contributed by atoms with Crippen molar-refractivity contribution in [2.24, 2.45) is 0 Å². The molecule has 0 spiro atoms. The van der Waals surface area contributed by atoms with E-state index in [1.54, 1.807) is 24.3 Å². The van der Waals surface area contributed by atoms with Crippen LogP contribution in [-0.4, -0.2) is 36.5 Å². The number of anilines is 1. The maximum absolute atomic E-state index is 12.9. The summed E-state index contributed by atoms with van der Waals surface area (Å²) in [5, 5.41) is 5.40. The average Bonchev–Trinajstić information content (AvgIpc) is 3.11. The van der Waals surface area contributed by atoms with Crippen LogP contribution in [0.2, 0.25) is 0 Å². The van der Waals surface area contributed by atoms with Gasteiger partial charge in [0.05, 0.1) is 13.7 Å². The van der Waals surface area contributed by atoms with Gasteiger partial charge >= 0.3 is 6.03 Å². The Hall–Kier alpha value is -4.59. The lowest BCUT2D eigenvalue weighted by atomic mass is 10.1. The number of urea groups is 1. The Morgan fingerprint density at radius 1 is 0.972 bits per heavy atom. The number of nitrogens with zero attached hydrogens (tertiary/aromatic N) is 1. The Bertz CT molecular complexity index is 1330. The standard InChI is InChI=1S/C28H27N3O5/c1-18-7-10-22(11-8-18)29-26(32)17-36-24-12-9-20(15-25(24)35-3)14-23-27(33)31(28(34)30-23)16-21-6-4-5-19(2)13-21/h4-15H,16-17H2,1-3H3,(H,29,32)(H,30,34)/b23-14+. The van der Waals surface area contributed by atoms with Gasteiger partial charge in [-0.2, -0.15) is 0 Å². The molecule has 8 heteroatoms. The van der Waals surface area contributed by atoms with Crippen LogP contribution in [0.5, 0.6) is 11.5 Å². The molecule has 0 saturated carbocycles. The lowest BCUT2D eigenvalue weighted by Gasteiger charge is -2.12. The van der Waals surface area contributed by atoms with Crippen LogP contribution in [0, 0.1) is 13.8 Å². The first kappa shape index (κ1) is 24.5. The van der Waals surface area contributed by atoms with Gasteiger partial charge in [0.25, 0.3) is 11.8 Å². The summed E-state index contributed by atoms with van der Waals surface area (Å²) in [5.41, 5.74) is 4.50. The zero-order chi connectivity index (χ0) is 25.7. The predicted molar refractivity (Wildman–Crippen MR) is 137 cm³/mol. The van der Waals surface area contributed by atoms with E-state index in [1.807, 2.05) is 62.4 Å². The summed E-state index contributed by atoms with van der Waals surface area (Å²) in [5.74, 6) is 0.0519. The Balaban J connectivity index is 1.41. The lowest BCUT2D eigenvalue weighted by molar-refractivity contribution is -0.123. The summed E-state index contributed by atoms with van der Waals surface area (Å²) in [7, 11) is 1.48. The molecule has 1 saturated heterocycles. The number of hydrogen-bond donors (Lipinski definition) is 2. The molecule has 1 aliphatic heterocycles. The second-order valence-corrected chi connectivity index (χ2v) is 8.48. The van der Waals surface area contributed by atoms with Gasteiger partial charge in [0.1, 0.15) is 5.70 Å². The summed E-state index contributed by atoms with van der Waals surface area (Å²) < 4.78 is 11.0. The molecule has 4 amide bonds. The number of carbonyl (C=O) groups excluding carboxylic acids is 3. The molecule has 36 heavy (non-hydrogen) atoms. The lowest BCUT2D eigenvalue weighted by Crippen LogP contribution is -2.30. The average molecular weight is 486 g/mol. The monoisotopic (exact) mass is 485 g/mol. The van der Waals surface area contributed by atoms with E-state index in [2.05, 4.69) is 10.6 Å². The molecule has 4 rings (SSSR count). The van der Waals surface area contributed by atoms with Gasteiger partial charge in [0.2, 0.25) is 0 Å². The van der Waals surface area contributed by atoms with E-state index in [4.69, 9.17) is 9.47 Å². The van der Waals surface area contributed by atoms with E-state index < -0.39 is 11.9 Å². The summed E-state index contributed by atoms with van der Waals surface area (Å²) in [6, 6.07) is 19.7. The number of aryl methyl sites for hydroxylation is 2. The van der Waals surface area contributed by atoms with Crippen LogP contribution >= 0.6 is 0 Å². The number of imide groups is 1. The first-order valence-electron chi connectivity index (χ1n) is 11.4. The summed E-state index contributed by atoms with van der Waals surface area (Å²) in [6.07, 6.45) is 1.58. The number of rotatable bonds is 8. The largest absolute Gasteiger partial charge is 0.493 e. The molecule has 1 fully saturated rings. The van der Waals surface area contributed by atoms with Gasteiger partial charge in [-0.3, -0.25) is 14.5 Å². The molecule has 2 N–H and O–H groups in total. The van der Waals surface area contributed by atoms with E-state index >= 15 is 0 Å². The predicted octanol–water partition coefficient (Wildman–Crippen LogP) is 4.42. The third-order valence-electron chi connectivity index (χ3n) is 5.58. The minimum absolute atomic E-state index is 0.167. The highest BCUT2D eigenvalue weighted by Crippen LogP contribution is 2.29. The van der Waals surface area contributed by atoms with Crippen molar-refractivity contribution in [2.75, 3.05) is 19.0 Å². The summed E-state index contributed by atoms with van der Waals surface area (Å²) in [6.45, 7) is 3.91. The maximum Gasteiger partial charge on any atom is 0.329 e. The molecule has 0 atom stereocenters. The Morgan fingerprint density at radius 2 is 1.75 bits per heavy atom. The molecule has 1 heterocycles. The minimum atomic E-state index is -0.473. The molecule has 3 aromatic carbocycles. The highest BCUT2D eigenvalue weighted by Gasteiger charge is 2.33. The minimum Gasteiger partial charge on any atom is -0.493 e. The molecule has 3 aromatic rings. The SMILES string of the molecule is COc1cc(/C=C2/NC(=O)N(Cc3cccc(C)c3)C2=O)ccc1OCC(=O)Nc1ccc(C)cc1. The Labute approximate surface area is 209 Å². The number of methoxy groups -OCH3 is 1. The molecule has 184 valence electrons. The molecule has 0 aromatic heterocycles. The van der Waals surface area contributed by atoms with E-state index in [-0.39, 0.29) is 24.8 Å². The van der Waals surface area contributed by atoms with Crippen molar-refractivity contribution in [3.05, 3.63) is 94.7 Å². The number of ether oxygens (including phenoxy) is 2. The summed E-state index contributed by atoms with van der Waals surface area (Å²) in [4.78, 5) is 38.7.